The number of morpholine rings is 2. The third kappa shape index (κ3) is 4.96. The lowest BCUT2D eigenvalue weighted by Gasteiger charge is -2.45. The van der Waals surface area contributed by atoms with E-state index in [1.165, 1.54) is 18.4 Å². The standard InChI is InChI=1S/C25H29N5O/c26-13-21-9-7-20(8-10-21)5-1-3-11-28-16-23-18-29(19-24(17-28)31-23)14-22-15-30-12-4-2-6-25(30)27-22/h2,4,6-10,12,15,23-24H,1,3,5,11,14,16-19H2. The van der Waals surface area contributed by atoms with Gasteiger partial charge in [-0.25, -0.2) is 4.98 Å². The molecule has 31 heavy (non-hydrogen) atoms. The van der Waals surface area contributed by atoms with E-state index in [2.05, 4.69) is 50.9 Å². The van der Waals surface area contributed by atoms with Crippen molar-refractivity contribution in [2.75, 3.05) is 32.7 Å². The first-order valence-corrected chi connectivity index (χ1v) is 11.3. The molecule has 2 aliphatic heterocycles. The second-order valence-electron chi connectivity index (χ2n) is 8.80. The molecule has 0 saturated carbocycles. The number of hydrogen-bond acceptors (Lipinski definition) is 5. The molecular weight excluding hydrogens is 386 g/mol. The van der Waals surface area contributed by atoms with Crippen LogP contribution < -0.4 is 0 Å². The van der Waals surface area contributed by atoms with E-state index in [1.807, 2.05) is 24.3 Å². The molecule has 2 saturated heterocycles. The van der Waals surface area contributed by atoms with Crippen molar-refractivity contribution < 1.29 is 4.74 Å². The molecule has 3 aromatic rings. The second kappa shape index (κ2) is 9.19. The molecule has 2 atom stereocenters. The van der Waals surface area contributed by atoms with Crippen LogP contribution in [-0.2, 0) is 17.7 Å². The molecule has 0 radical (unpaired) electrons. The third-order valence-electron chi connectivity index (χ3n) is 6.30. The number of nitriles is 1. The van der Waals surface area contributed by atoms with Crippen LogP contribution in [0.15, 0.2) is 54.9 Å². The van der Waals surface area contributed by atoms with Gasteiger partial charge in [0, 0.05) is 45.1 Å². The van der Waals surface area contributed by atoms with Crippen LogP contribution in [0.5, 0.6) is 0 Å². The van der Waals surface area contributed by atoms with Gasteiger partial charge >= 0.3 is 0 Å². The smallest absolute Gasteiger partial charge is 0.137 e. The molecule has 0 amide bonds. The fraction of sp³-hybridized carbons (Fsp3) is 0.440. The van der Waals surface area contributed by atoms with Gasteiger partial charge in [-0.3, -0.25) is 9.80 Å². The Morgan fingerprint density at radius 3 is 2.48 bits per heavy atom. The van der Waals surface area contributed by atoms with Gasteiger partial charge in [0.25, 0.3) is 0 Å². The Bertz CT molecular complexity index is 1010. The molecule has 2 fully saturated rings. The number of fused-ring (bicyclic) bond motifs is 3. The van der Waals surface area contributed by atoms with Crippen LogP contribution in [0.3, 0.4) is 0 Å². The SMILES string of the molecule is N#Cc1ccc(CCCCN2CC3CN(Cc4cn5ccccc5n4)CC(C2)O3)cc1. The number of rotatable bonds is 7. The highest BCUT2D eigenvalue weighted by Gasteiger charge is 2.34. The lowest BCUT2D eigenvalue weighted by Crippen LogP contribution is -2.59. The first-order valence-electron chi connectivity index (χ1n) is 11.3. The Balaban J connectivity index is 1.07. The largest absolute Gasteiger partial charge is 0.370 e. The molecular formula is C25H29N5O. The first-order chi connectivity index (χ1) is 15.2. The van der Waals surface area contributed by atoms with Gasteiger partial charge in [0.2, 0.25) is 0 Å². The lowest BCUT2D eigenvalue weighted by atomic mass is 10.1. The van der Waals surface area contributed by atoms with Crippen LogP contribution in [0.1, 0.15) is 29.7 Å². The van der Waals surface area contributed by atoms with Gasteiger partial charge in [0.05, 0.1) is 29.5 Å². The third-order valence-corrected chi connectivity index (χ3v) is 6.30. The van der Waals surface area contributed by atoms with E-state index in [1.54, 1.807) is 0 Å². The molecule has 1 aromatic carbocycles. The normalized spacial score (nSPS) is 21.9. The summed E-state index contributed by atoms with van der Waals surface area (Å²) in [6, 6.07) is 16.3. The molecule has 0 spiro atoms. The van der Waals surface area contributed by atoms with Crippen LogP contribution in [0.25, 0.3) is 5.65 Å². The van der Waals surface area contributed by atoms with E-state index in [9.17, 15) is 0 Å². The fourth-order valence-electron chi connectivity index (χ4n) is 4.88. The minimum Gasteiger partial charge on any atom is -0.370 e. The zero-order chi connectivity index (χ0) is 21.0. The quantitative estimate of drug-likeness (QED) is 0.555. The van der Waals surface area contributed by atoms with Crippen molar-refractivity contribution in [3.05, 3.63) is 71.7 Å². The topological polar surface area (TPSA) is 56.8 Å². The predicted molar refractivity (Wildman–Crippen MR) is 120 cm³/mol. The van der Waals surface area contributed by atoms with E-state index >= 15 is 0 Å². The molecule has 0 aliphatic carbocycles. The maximum absolute atomic E-state index is 8.90. The summed E-state index contributed by atoms with van der Waals surface area (Å²) in [5.41, 5.74) is 4.20. The highest BCUT2D eigenvalue weighted by Crippen LogP contribution is 2.21. The average molecular weight is 416 g/mol. The summed E-state index contributed by atoms with van der Waals surface area (Å²) in [6.45, 7) is 6.03. The van der Waals surface area contributed by atoms with Crippen molar-refractivity contribution in [1.29, 1.82) is 5.26 Å². The number of aromatic nitrogens is 2. The molecule has 2 aliphatic rings. The molecule has 6 nitrogen and oxygen atoms in total. The number of benzene rings is 1. The van der Waals surface area contributed by atoms with Gasteiger partial charge in [0.1, 0.15) is 5.65 Å². The Morgan fingerprint density at radius 1 is 0.968 bits per heavy atom. The van der Waals surface area contributed by atoms with Crippen LogP contribution in [0.4, 0.5) is 0 Å². The Hall–Kier alpha value is -2.72. The molecule has 0 N–H and O–H groups in total. The van der Waals surface area contributed by atoms with Crippen LogP contribution in [-0.4, -0.2) is 64.1 Å². The van der Waals surface area contributed by atoms with E-state index in [0.29, 0.717) is 12.2 Å². The Labute approximate surface area is 183 Å². The summed E-state index contributed by atoms with van der Waals surface area (Å²) in [5.74, 6) is 0. The number of ether oxygens (including phenoxy) is 1. The molecule has 6 heteroatoms. The van der Waals surface area contributed by atoms with Crippen LogP contribution in [0, 0.1) is 11.3 Å². The highest BCUT2D eigenvalue weighted by molar-refractivity contribution is 5.39. The summed E-state index contributed by atoms with van der Waals surface area (Å²) < 4.78 is 8.34. The lowest BCUT2D eigenvalue weighted by molar-refractivity contribution is -0.140. The molecule has 2 bridgehead atoms. The van der Waals surface area contributed by atoms with E-state index in [0.717, 1.165) is 62.6 Å². The summed E-state index contributed by atoms with van der Waals surface area (Å²) in [5, 5.41) is 8.90. The maximum atomic E-state index is 8.90. The number of hydrogen-bond donors (Lipinski definition) is 0. The van der Waals surface area contributed by atoms with Gasteiger partial charge < -0.3 is 9.14 Å². The van der Waals surface area contributed by atoms with Crippen molar-refractivity contribution in [1.82, 2.24) is 19.2 Å². The number of pyridine rings is 1. The summed E-state index contributed by atoms with van der Waals surface area (Å²) in [6.07, 6.45) is 8.24. The van der Waals surface area contributed by atoms with Crippen molar-refractivity contribution in [3.8, 4) is 6.07 Å². The van der Waals surface area contributed by atoms with Gasteiger partial charge in [-0.15, -0.1) is 0 Å². The molecule has 2 unspecified atom stereocenters. The highest BCUT2D eigenvalue weighted by atomic mass is 16.5. The van der Waals surface area contributed by atoms with Gasteiger partial charge in [-0.05, 0) is 55.6 Å². The molecule has 4 heterocycles. The van der Waals surface area contributed by atoms with Crippen LogP contribution >= 0.6 is 0 Å². The number of aryl methyl sites for hydroxylation is 1. The molecule has 160 valence electrons. The number of nitrogens with zero attached hydrogens (tertiary/aromatic N) is 5. The second-order valence-corrected chi connectivity index (χ2v) is 8.80. The maximum Gasteiger partial charge on any atom is 0.137 e. The van der Waals surface area contributed by atoms with Crippen molar-refractivity contribution >= 4 is 5.65 Å². The van der Waals surface area contributed by atoms with E-state index in [-0.39, 0.29) is 0 Å². The Kier molecular flexibility index (Phi) is 5.99. The van der Waals surface area contributed by atoms with Crippen molar-refractivity contribution in [3.63, 3.8) is 0 Å². The number of imidazole rings is 1. The summed E-state index contributed by atoms with van der Waals surface area (Å²) in [7, 11) is 0. The molecule has 2 aromatic heterocycles. The van der Waals surface area contributed by atoms with Gasteiger partial charge in [-0.1, -0.05) is 18.2 Å². The summed E-state index contributed by atoms with van der Waals surface area (Å²) in [4.78, 5) is 9.84. The molecule has 5 rings (SSSR count). The zero-order valence-electron chi connectivity index (χ0n) is 17.9. The van der Waals surface area contributed by atoms with Crippen LogP contribution in [0.2, 0.25) is 0 Å². The first kappa shape index (κ1) is 20.2. The van der Waals surface area contributed by atoms with Crippen molar-refractivity contribution in [2.24, 2.45) is 0 Å². The zero-order valence-corrected chi connectivity index (χ0v) is 17.9. The van der Waals surface area contributed by atoms with Crippen molar-refractivity contribution in [2.45, 2.75) is 38.0 Å². The minimum absolute atomic E-state index is 0.294. The monoisotopic (exact) mass is 415 g/mol. The fourth-order valence-corrected chi connectivity index (χ4v) is 4.88. The van der Waals surface area contributed by atoms with E-state index < -0.39 is 0 Å². The van der Waals surface area contributed by atoms with Gasteiger partial charge in [0.15, 0.2) is 0 Å². The predicted octanol–water partition coefficient (Wildman–Crippen LogP) is 3.11. The Morgan fingerprint density at radius 2 is 1.74 bits per heavy atom. The summed E-state index contributed by atoms with van der Waals surface area (Å²) >= 11 is 0. The number of unbranched alkanes of at least 4 members (excludes halogenated alkanes) is 1. The van der Waals surface area contributed by atoms with E-state index in [4.69, 9.17) is 15.0 Å². The van der Waals surface area contributed by atoms with Gasteiger partial charge in [-0.2, -0.15) is 5.26 Å². The minimum atomic E-state index is 0.294. The average Bonchev–Trinajstić information content (AvgIpc) is 3.19.